The number of piperazine rings is 1. The van der Waals surface area contributed by atoms with Crippen LogP contribution in [0.2, 0.25) is 10.0 Å². The van der Waals surface area contributed by atoms with Crippen LogP contribution in [0.5, 0.6) is 5.75 Å². The molecule has 9 heteroatoms. The first kappa shape index (κ1) is 20.7. The molecule has 0 bridgehead atoms. The largest absolute Gasteiger partial charge is 0.492 e. The second kappa shape index (κ2) is 8.57. The van der Waals surface area contributed by atoms with E-state index in [1.54, 1.807) is 30.3 Å². The van der Waals surface area contributed by atoms with Crippen molar-refractivity contribution in [1.82, 2.24) is 4.31 Å². The molecule has 3 rings (SSSR count). The van der Waals surface area contributed by atoms with Crippen molar-refractivity contribution < 1.29 is 13.2 Å². The lowest BCUT2D eigenvalue weighted by Gasteiger charge is -2.35. The third-order valence-corrected chi connectivity index (χ3v) is 7.48. The Morgan fingerprint density at radius 2 is 1.74 bits per heavy atom. The molecule has 0 atom stereocenters. The molecule has 0 N–H and O–H groups in total. The van der Waals surface area contributed by atoms with Crippen LogP contribution in [0.4, 0.5) is 5.69 Å². The fraction of sp³-hybridized carbons (Fsp3) is 0.333. The van der Waals surface area contributed by atoms with E-state index in [2.05, 4.69) is 20.8 Å². The van der Waals surface area contributed by atoms with Crippen molar-refractivity contribution in [3.8, 4) is 5.75 Å². The number of nitrogens with zero attached hydrogens (tertiary/aromatic N) is 2. The van der Waals surface area contributed by atoms with Crippen LogP contribution in [-0.4, -0.2) is 45.5 Å². The van der Waals surface area contributed by atoms with Crippen LogP contribution >= 0.6 is 39.1 Å². The van der Waals surface area contributed by atoms with Crippen LogP contribution in [0.1, 0.15) is 6.92 Å². The van der Waals surface area contributed by atoms with Gasteiger partial charge < -0.3 is 9.64 Å². The molecule has 1 aliphatic heterocycles. The Kier molecular flexibility index (Phi) is 6.58. The number of hydrogen-bond acceptors (Lipinski definition) is 4. The summed E-state index contributed by atoms with van der Waals surface area (Å²) in [5, 5.41) is 0.986. The number of halogens is 3. The lowest BCUT2D eigenvalue weighted by Crippen LogP contribution is -2.48. The Morgan fingerprint density at radius 3 is 2.37 bits per heavy atom. The minimum atomic E-state index is -3.65. The van der Waals surface area contributed by atoms with Gasteiger partial charge in [0.05, 0.1) is 16.7 Å². The van der Waals surface area contributed by atoms with Crippen LogP contribution in [0, 0.1) is 0 Å². The van der Waals surface area contributed by atoms with E-state index in [-0.39, 0.29) is 4.90 Å². The second-order valence-corrected chi connectivity index (χ2v) is 9.65. The molecule has 146 valence electrons. The van der Waals surface area contributed by atoms with Gasteiger partial charge in [-0.3, -0.25) is 0 Å². The molecule has 1 saturated heterocycles. The number of sulfonamides is 1. The third kappa shape index (κ3) is 4.54. The van der Waals surface area contributed by atoms with Crippen LogP contribution in [0.3, 0.4) is 0 Å². The number of rotatable bonds is 5. The maximum absolute atomic E-state index is 13.1. The van der Waals surface area contributed by atoms with E-state index in [1.807, 2.05) is 13.0 Å². The molecule has 0 spiro atoms. The average Bonchev–Trinajstić information content (AvgIpc) is 2.65. The zero-order chi connectivity index (χ0) is 19.6. The summed E-state index contributed by atoms with van der Waals surface area (Å²) in [6.07, 6.45) is 0. The average molecular weight is 494 g/mol. The lowest BCUT2D eigenvalue weighted by molar-refractivity contribution is 0.327. The van der Waals surface area contributed by atoms with E-state index in [0.717, 1.165) is 5.69 Å². The van der Waals surface area contributed by atoms with Gasteiger partial charge in [-0.15, -0.1) is 0 Å². The molecule has 2 aromatic rings. The lowest BCUT2D eigenvalue weighted by atomic mass is 10.2. The molecule has 1 aliphatic rings. The van der Waals surface area contributed by atoms with Crippen molar-refractivity contribution in [3.63, 3.8) is 0 Å². The molecule has 0 radical (unpaired) electrons. The van der Waals surface area contributed by atoms with Gasteiger partial charge in [0.2, 0.25) is 10.0 Å². The van der Waals surface area contributed by atoms with Crippen molar-refractivity contribution in [2.45, 2.75) is 11.8 Å². The number of ether oxygens (including phenoxy) is 1. The van der Waals surface area contributed by atoms with E-state index < -0.39 is 10.0 Å². The predicted molar refractivity (Wildman–Crippen MR) is 113 cm³/mol. The minimum Gasteiger partial charge on any atom is -0.492 e. The third-order valence-electron chi connectivity index (χ3n) is 4.33. The molecule has 0 aromatic heterocycles. The topological polar surface area (TPSA) is 49.9 Å². The smallest absolute Gasteiger partial charge is 0.246 e. The van der Waals surface area contributed by atoms with Crippen molar-refractivity contribution in [2.24, 2.45) is 0 Å². The standard InChI is InChI=1S/C18H19BrCl2N2O3S/c1-2-26-17-6-3-13(19)11-18(17)27(24,25)23-9-7-22(8-10-23)14-4-5-15(20)16(21)12-14/h3-6,11-12H,2,7-10H2,1H3. The van der Waals surface area contributed by atoms with Crippen LogP contribution < -0.4 is 9.64 Å². The van der Waals surface area contributed by atoms with Gasteiger partial charge in [0.25, 0.3) is 0 Å². The van der Waals surface area contributed by atoms with Gasteiger partial charge in [-0.25, -0.2) is 8.42 Å². The van der Waals surface area contributed by atoms with E-state index in [9.17, 15) is 8.42 Å². The molecule has 1 fully saturated rings. The predicted octanol–water partition coefficient (Wildman–Crippen LogP) is 4.67. The summed E-state index contributed by atoms with van der Waals surface area (Å²) < 4.78 is 34.0. The van der Waals surface area contributed by atoms with Gasteiger partial charge in [0.1, 0.15) is 10.6 Å². The highest BCUT2D eigenvalue weighted by molar-refractivity contribution is 9.10. The first-order valence-corrected chi connectivity index (χ1v) is 11.4. The highest BCUT2D eigenvalue weighted by atomic mass is 79.9. The highest BCUT2D eigenvalue weighted by Gasteiger charge is 2.31. The van der Waals surface area contributed by atoms with Gasteiger partial charge in [-0.1, -0.05) is 39.1 Å². The first-order valence-electron chi connectivity index (χ1n) is 8.45. The highest BCUT2D eigenvalue weighted by Crippen LogP contribution is 2.32. The Labute approximate surface area is 178 Å². The Morgan fingerprint density at radius 1 is 1.04 bits per heavy atom. The van der Waals surface area contributed by atoms with E-state index >= 15 is 0 Å². The van der Waals surface area contributed by atoms with E-state index in [4.69, 9.17) is 27.9 Å². The van der Waals surface area contributed by atoms with Gasteiger partial charge in [-0.05, 0) is 43.3 Å². The zero-order valence-electron chi connectivity index (χ0n) is 14.7. The Bertz CT molecular complexity index is 932. The van der Waals surface area contributed by atoms with Crippen molar-refractivity contribution in [3.05, 3.63) is 50.9 Å². The summed E-state index contributed by atoms with van der Waals surface area (Å²) >= 11 is 15.4. The van der Waals surface area contributed by atoms with Crippen LogP contribution in [-0.2, 0) is 10.0 Å². The summed E-state index contributed by atoms with van der Waals surface area (Å²) in [6.45, 7) is 4.11. The molecule has 27 heavy (non-hydrogen) atoms. The minimum absolute atomic E-state index is 0.182. The number of hydrogen-bond donors (Lipinski definition) is 0. The molecule has 0 saturated carbocycles. The van der Waals surface area contributed by atoms with Gasteiger partial charge in [0.15, 0.2) is 0 Å². The van der Waals surface area contributed by atoms with Crippen molar-refractivity contribution in [2.75, 3.05) is 37.7 Å². The fourth-order valence-corrected chi connectivity index (χ4v) is 5.35. The second-order valence-electron chi connectivity index (χ2n) is 6.01. The maximum atomic E-state index is 13.1. The van der Waals surface area contributed by atoms with Gasteiger partial charge in [0, 0.05) is 36.3 Å². The fourth-order valence-electron chi connectivity index (χ4n) is 2.97. The molecule has 0 aliphatic carbocycles. The quantitative estimate of drug-likeness (QED) is 0.607. The summed E-state index contributed by atoms with van der Waals surface area (Å²) in [5.41, 5.74) is 0.930. The maximum Gasteiger partial charge on any atom is 0.246 e. The summed E-state index contributed by atoms with van der Waals surface area (Å²) in [4.78, 5) is 2.28. The van der Waals surface area contributed by atoms with E-state index in [0.29, 0.717) is 53.1 Å². The Hall–Kier alpha value is -0.990. The van der Waals surface area contributed by atoms with Gasteiger partial charge in [-0.2, -0.15) is 4.31 Å². The van der Waals surface area contributed by atoms with Crippen LogP contribution in [0.15, 0.2) is 45.8 Å². The summed E-state index contributed by atoms with van der Waals surface area (Å²) in [7, 11) is -3.65. The summed E-state index contributed by atoms with van der Waals surface area (Å²) in [5.74, 6) is 0.368. The SMILES string of the molecule is CCOc1ccc(Br)cc1S(=O)(=O)N1CCN(c2ccc(Cl)c(Cl)c2)CC1. The van der Waals surface area contributed by atoms with Crippen molar-refractivity contribution >= 4 is 54.8 Å². The summed E-state index contributed by atoms with van der Waals surface area (Å²) in [6, 6.07) is 10.5. The molecule has 0 unspecified atom stereocenters. The Balaban J connectivity index is 1.79. The molecular formula is C18H19BrCl2N2O3S. The monoisotopic (exact) mass is 492 g/mol. The molecule has 2 aromatic carbocycles. The first-order chi connectivity index (χ1) is 12.8. The molecule has 5 nitrogen and oxygen atoms in total. The molecule has 0 amide bonds. The molecular weight excluding hydrogens is 475 g/mol. The van der Waals surface area contributed by atoms with Gasteiger partial charge >= 0.3 is 0 Å². The molecule has 1 heterocycles. The zero-order valence-corrected chi connectivity index (χ0v) is 18.6. The van der Waals surface area contributed by atoms with Crippen molar-refractivity contribution in [1.29, 1.82) is 0 Å². The number of anilines is 1. The van der Waals surface area contributed by atoms with E-state index in [1.165, 1.54) is 4.31 Å². The normalized spacial score (nSPS) is 15.8. The number of benzene rings is 2. The van der Waals surface area contributed by atoms with Crippen LogP contribution in [0.25, 0.3) is 0 Å².